The molecule has 0 aromatic carbocycles. The number of hydrogen-bond acceptors (Lipinski definition) is 6. The maximum absolute atomic E-state index is 11.5. The van der Waals surface area contributed by atoms with Crippen molar-refractivity contribution in [3.8, 4) is 0 Å². The smallest absolute Gasteiger partial charge is 0.358 e. The fourth-order valence-corrected chi connectivity index (χ4v) is 3.24. The third kappa shape index (κ3) is 3.15. The van der Waals surface area contributed by atoms with Crippen LogP contribution in [-0.4, -0.2) is 60.2 Å². The van der Waals surface area contributed by atoms with E-state index in [1.165, 1.54) is 45.7 Å². The number of rotatable bonds is 3. The standard InChI is InChI=1S/C15H22N4O2/c1-21-15(20)13-9-16-10-14(17-13)19-8-5-12(11-19)18-6-3-2-4-7-18/h9-10,12H,2-8,11H2,1H3. The molecule has 0 spiro atoms. The van der Waals surface area contributed by atoms with Crippen LogP contribution < -0.4 is 4.90 Å². The number of esters is 1. The van der Waals surface area contributed by atoms with Gasteiger partial charge in [0.25, 0.3) is 0 Å². The zero-order valence-corrected chi connectivity index (χ0v) is 12.5. The third-order valence-electron chi connectivity index (χ3n) is 4.41. The number of nitrogens with zero attached hydrogens (tertiary/aromatic N) is 4. The molecule has 2 saturated heterocycles. The van der Waals surface area contributed by atoms with Crippen LogP contribution in [-0.2, 0) is 4.74 Å². The first kappa shape index (κ1) is 14.3. The van der Waals surface area contributed by atoms with Gasteiger partial charge in [-0.25, -0.2) is 9.78 Å². The van der Waals surface area contributed by atoms with Crippen molar-refractivity contribution in [2.75, 3.05) is 38.2 Å². The lowest BCUT2D eigenvalue weighted by Gasteiger charge is -2.32. The highest BCUT2D eigenvalue weighted by atomic mass is 16.5. The average molecular weight is 290 g/mol. The van der Waals surface area contributed by atoms with Gasteiger partial charge in [-0.15, -0.1) is 0 Å². The predicted octanol–water partition coefficient (Wildman–Crippen LogP) is 1.33. The number of carbonyl (C=O) groups is 1. The summed E-state index contributed by atoms with van der Waals surface area (Å²) < 4.78 is 4.70. The number of hydrogen-bond donors (Lipinski definition) is 0. The van der Waals surface area contributed by atoms with Gasteiger partial charge in [-0.2, -0.15) is 0 Å². The van der Waals surface area contributed by atoms with E-state index in [1.807, 2.05) is 0 Å². The summed E-state index contributed by atoms with van der Waals surface area (Å²) in [6, 6.07) is 0.605. The Labute approximate surface area is 125 Å². The fraction of sp³-hybridized carbons (Fsp3) is 0.667. The summed E-state index contributed by atoms with van der Waals surface area (Å²) in [6.45, 7) is 4.37. The number of carbonyl (C=O) groups excluding carboxylic acids is 1. The highest BCUT2D eigenvalue weighted by Crippen LogP contribution is 2.23. The maximum atomic E-state index is 11.5. The minimum Gasteiger partial charge on any atom is -0.464 e. The highest BCUT2D eigenvalue weighted by molar-refractivity contribution is 5.87. The van der Waals surface area contributed by atoms with E-state index in [-0.39, 0.29) is 5.69 Å². The summed E-state index contributed by atoms with van der Waals surface area (Å²) in [6.07, 6.45) is 8.32. The summed E-state index contributed by atoms with van der Waals surface area (Å²) in [5.74, 6) is 0.341. The highest BCUT2D eigenvalue weighted by Gasteiger charge is 2.29. The molecule has 3 rings (SSSR count). The second kappa shape index (κ2) is 6.39. The molecule has 0 radical (unpaired) electrons. The summed E-state index contributed by atoms with van der Waals surface area (Å²) >= 11 is 0. The lowest BCUT2D eigenvalue weighted by molar-refractivity contribution is 0.0593. The summed E-state index contributed by atoms with van der Waals surface area (Å²) in [5.41, 5.74) is 0.274. The van der Waals surface area contributed by atoms with Gasteiger partial charge in [-0.1, -0.05) is 6.42 Å². The van der Waals surface area contributed by atoms with E-state index in [0.29, 0.717) is 6.04 Å². The van der Waals surface area contributed by atoms with E-state index in [4.69, 9.17) is 4.74 Å². The SMILES string of the molecule is COC(=O)c1cncc(N2CCC(N3CCCCC3)C2)n1. The Hall–Kier alpha value is -1.69. The normalized spacial score (nSPS) is 23.3. The van der Waals surface area contributed by atoms with Crippen molar-refractivity contribution in [1.82, 2.24) is 14.9 Å². The van der Waals surface area contributed by atoms with Crippen LogP contribution in [0.2, 0.25) is 0 Å². The Kier molecular flexibility index (Phi) is 4.34. The summed E-state index contributed by atoms with van der Waals surface area (Å²) in [7, 11) is 1.36. The molecule has 6 heteroatoms. The topological polar surface area (TPSA) is 58.6 Å². The van der Waals surface area contributed by atoms with Crippen LogP contribution in [0.3, 0.4) is 0 Å². The maximum Gasteiger partial charge on any atom is 0.358 e. The minimum absolute atomic E-state index is 0.274. The number of anilines is 1. The summed E-state index contributed by atoms with van der Waals surface area (Å²) in [4.78, 5) is 24.9. The molecule has 2 aliphatic heterocycles. The van der Waals surface area contributed by atoms with E-state index >= 15 is 0 Å². The Morgan fingerprint density at radius 1 is 1.24 bits per heavy atom. The first-order valence-corrected chi connectivity index (χ1v) is 7.67. The van der Waals surface area contributed by atoms with Gasteiger partial charge in [0.15, 0.2) is 5.69 Å². The molecular weight excluding hydrogens is 268 g/mol. The monoisotopic (exact) mass is 290 g/mol. The third-order valence-corrected chi connectivity index (χ3v) is 4.41. The number of piperidine rings is 1. The zero-order chi connectivity index (χ0) is 14.7. The van der Waals surface area contributed by atoms with E-state index in [2.05, 4.69) is 19.8 Å². The van der Waals surface area contributed by atoms with Crippen molar-refractivity contribution in [1.29, 1.82) is 0 Å². The van der Waals surface area contributed by atoms with Gasteiger partial charge in [0.1, 0.15) is 5.82 Å². The molecule has 0 aliphatic carbocycles. The summed E-state index contributed by atoms with van der Waals surface area (Å²) in [5, 5.41) is 0. The number of ether oxygens (including phenoxy) is 1. The van der Waals surface area contributed by atoms with Crippen LogP contribution in [0.1, 0.15) is 36.2 Å². The van der Waals surface area contributed by atoms with Gasteiger partial charge >= 0.3 is 5.97 Å². The van der Waals surface area contributed by atoms with Crippen molar-refractivity contribution < 1.29 is 9.53 Å². The molecular formula is C15H22N4O2. The molecule has 0 amide bonds. The average Bonchev–Trinajstić information content (AvgIpc) is 3.05. The Morgan fingerprint density at radius 2 is 2.05 bits per heavy atom. The van der Waals surface area contributed by atoms with Gasteiger partial charge in [-0.3, -0.25) is 9.88 Å². The molecule has 1 unspecified atom stereocenters. The quantitative estimate of drug-likeness (QED) is 0.783. The zero-order valence-electron chi connectivity index (χ0n) is 12.5. The van der Waals surface area contributed by atoms with Gasteiger partial charge in [0, 0.05) is 19.1 Å². The Bertz CT molecular complexity index is 502. The molecule has 1 aromatic heterocycles. The molecule has 0 N–H and O–H groups in total. The molecule has 21 heavy (non-hydrogen) atoms. The Morgan fingerprint density at radius 3 is 2.81 bits per heavy atom. The number of methoxy groups -OCH3 is 1. The molecule has 3 heterocycles. The number of aromatic nitrogens is 2. The Balaban J connectivity index is 1.66. The van der Waals surface area contributed by atoms with Crippen LogP contribution in [0.15, 0.2) is 12.4 Å². The van der Waals surface area contributed by atoms with Gasteiger partial charge in [0.2, 0.25) is 0 Å². The molecule has 0 bridgehead atoms. The molecule has 2 fully saturated rings. The van der Waals surface area contributed by atoms with E-state index in [9.17, 15) is 4.79 Å². The lowest BCUT2D eigenvalue weighted by Crippen LogP contribution is -2.41. The van der Waals surface area contributed by atoms with E-state index in [1.54, 1.807) is 6.20 Å². The van der Waals surface area contributed by atoms with Crippen molar-refractivity contribution >= 4 is 11.8 Å². The second-order valence-electron chi connectivity index (χ2n) is 5.74. The van der Waals surface area contributed by atoms with Gasteiger partial charge in [-0.05, 0) is 32.4 Å². The van der Waals surface area contributed by atoms with E-state index in [0.717, 1.165) is 25.3 Å². The predicted molar refractivity (Wildman–Crippen MR) is 79.4 cm³/mol. The van der Waals surface area contributed by atoms with E-state index < -0.39 is 5.97 Å². The van der Waals surface area contributed by atoms with Gasteiger partial charge < -0.3 is 9.64 Å². The van der Waals surface area contributed by atoms with Crippen molar-refractivity contribution in [2.24, 2.45) is 0 Å². The van der Waals surface area contributed by atoms with Crippen LogP contribution in [0.5, 0.6) is 0 Å². The molecule has 1 aromatic rings. The van der Waals surface area contributed by atoms with Crippen LogP contribution in [0.25, 0.3) is 0 Å². The second-order valence-corrected chi connectivity index (χ2v) is 5.74. The molecule has 114 valence electrons. The van der Waals surface area contributed by atoms with Crippen LogP contribution >= 0.6 is 0 Å². The lowest BCUT2D eigenvalue weighted by atomic mass is 10.1. The first-order valence-electron chi connectivity index (χ1n) is 7.67. The molecule has 2 aliphatic rings. The van der Waals surface area contributed by atoms with Crippen molar-refractivity contribution in [3.63, 3.8) is 0 Å². The first-order chi connectivity index (χ1) is 10.3. The fourth-order valence-electron chi connectivity index (χ4n) is 3.24. The largest absolute Gasteiger partial charge is 0.464 e. The molecule has 1 atom stereocenters. The van der Waals surface area contributed by atoms with Crippen LogP contribution in [0, 0.1) is 0 Å². The van der Waals surface area contributed by atoms with Crippen molar-refractivity contribution in [3.05, 3.63) is 18.1 Å². The van der Waals surface area contributed by atoms with Gasteiger partial charge in [0.05, 0.1) is 19.5 Å². The minimum atomic E-state index is -0.434. The van der Waals surface area contributed by atoms with Crippen molar-refractivity contribution in [2.45, 2.75) is 31.7 Å². The number of likely N-dealkylation sites (tertiary alicyclic amines) is 1. The van der Waals surface area contributed by atoms with Crippen LogP contribution in [0.4, 0.5) is 5.82 Å². The molecule has 6 nitrogen and oxygen atoms in total. The molecule has 0 saturated carbocycles.